The van der Waals surface area contributed by atoms with Gasteiger partial charge in [-0.3, -0.25) is 14.4 Å². The van der Waals surface area contributed by atoms with Crippen molar-refractivity contribution in [2.45, 2.75) is 20.8 Å². The van der Waals surface area contributed by atoms with Gasteiger partial charge in [0.1, 0.15) is 5.69 Å². The molecule has 26 heavy (non-hydrogen) atoms. The highest BCUT2D eigenvalue weighted by atomic mass is 35.5. The summed E-state index contributed by atoms with van der Waals surface area (Å²) in [7, 11) is 1.50. The minimum Gasteiger partial charge on any atom is -0.354 e. The van der Waals surface area contributed by atoms with Crippen LogP contribution in [0.5, 0.6) is 0 Å². The fourth-order valence-electron chi connectivity index (χ4n) is 2.77. The minimum atomic E-state index is -0.441. The number of anilines is 1. The smallest absolute Gasteiger partial charge is 0.270 e. The van der Waals surface area contributed by atoms with Crippen LogP contribution in [0.4, 0.5) is 5.69 Å². The summed E-state index contributed by atoms with van der Waals surface area (Å²) >= 11 is 12.0. The predicted molar refractivity (Wildman–Crippen MR) is 102 cm³/mol. The van der Waals surface area contributed by atoms with Crippen molar-refractivity contribution in [2.75, 3.05) is 18.9 Å². The van der Waals surface area contributed by atoms with E-state index in [9.17, 15) is 14.4 Å². The Morgan fingerprint density at radius 3 is 2.23 bits per heavy atom. The number of aryl methyl sites for hydroxylation is 1. The fraction of sp³-hybridized carbons (Fsp3) is 0.278. The van der Waals surface area contributed by atoms with Gasteiger partial charge in [-0.05, 0) is 38.5 Å². The predicted octanol–water partition coefficient (Wildman–Crippen LogP) is 3.85. The third kappa shape index (κ3) is 4.08. The average molecular weight is 396 g/mol. The van der Waals surface area contributed by atoms with Crippen LogP contribution in [0.3, 0.4) is 0 Å². The number of halogens is 2. The molecular weight excluding hydrogens is 377 g/mol. The van der Waals surface area contributed by atoms with Crippen molar-refractivity contribution in [3.8, 4) is 0 Å². The Labute approximate surface area is 161 Å². The van der Waals surface area contributed by atoms with Crippen molar-refractivity contribution in [1.82, 2.24) is 9.88 Å². The summed E-state index contributed by atoms with van der Waals surface area (Å²) in [5.41, 5.74) is 2.28. The van der Waals surface area contributed by atoms with Crippen LogP contribution in [0.2, 0.25) is 10.0 Å². The van der Waals surface area contributed by atoms with Gasteiger partial charge in [0.15, 0.2) is 5.78 Å². The molecular formula is C18H19Cl2N3O3. The topological polar surface area (TPSA) is 82.3 Å². The van der Waals surface area contributed by atoms with Gasteiger partial charge in [-0.2, -0.15) is 0 Å². The first-order chi connectivity index (χ1) is 12.1. The third-order valence-electron chi connectivity index (χ3n) is 3.96. The molecule has 6 nitrogen and oxygen atoms in total. The number of para-hydroxylation sites is 1. The zero-order chi connectivity index (χ0) is 19.6. The third-order valence-corrected chi connectivity index (χ3v) is 4.59. The number of rotatable bonds is 5. The number of benzene rings is 1. The van der Waals surface area contributed by atoms with E-state index in [1.807, 2.05) is 0 Å². The van der Waals surface area contributed by atoms with Gasteiger partial charge in [-0.1, -0.05) is 29.3 Å². The molecule has 2 N–H and O–H groups in total. The van der Waals surface area contributed by atoms with Crippen molar-refractivity contribution in [3.05, 3.63) is 50.8 Å². The van der Waals surface area contributed by atoms with Crippen molar-refractivity contribution in [3.63, 3.8) is 0 Å². The summed E-state index contributed by atoms with van der Waals surface area (Å²) in [5, 5.41) is 3.22. The molecule has 0 saturated heterocycles. The lowest BCUT2D eigenvalue weighted by Gasteiger charge is -2.17. The Hall–Kier alpha value is -2.31. The summed E-state index contributed by atoms with van der Waals surface area (Å²) < 4.78 is 0. The van der Waals surface area contributed by atoms with E-state index in [0.29, 0.717) is 38.2 Å². The van der Waals surface area contributed by atoms with Gasteiger partial charge in [0.25, 0.3) is 5.91 Å². The van der Waals surface area contributed by atoms with E-state index in [1.165, 1.54) is 18.9 Å². The van der Waals surface area contributed by atoms with Crippen LogP contribution in [0.25, 0.3) is 0 Å². The van der Waals surface area contributed by atoms with E-state index >= 15 is 0 Å². The number of amides is 2. The lowest BCUT2D eigenvalue weighted by molar-refractivity contribution is -0.116. The Morgan fingerprint density at radius 1 is 1.15 bits per heavy atom. The molecule has 138 valence electrons. The highest BCUT2D eigenvalue weighted by molar-refractivity contribution is 6.39. The maximum atomic E-state index is 12.6. The first-order valence-electron chi connectivity index (χ1n) is 7.82. The van der Waals surface area contributed by atoms with Crippen LogP contribution < -0.4 is 5.32 Å². The van der Waals surface area contributed by atoms with Crippen LogP contribution in [0.1, 0.15) is 39.0 Å². The summed E-state index contributed by atoms with van der Waals surface area (Å²) in [6.07, 6.45) is 0. The number of Topliss-reactive ketones (excluding diaryl/α,β-unsaturated/α-hetero) is 1. The van der Waals surface area contributed by atoms with Gasteiger partial charge >= 0.3 is 0 Å². The summed E-state index contributed by atoms with van der Waals surface area (Å²) in [5.74, 6) is -0.953. The van der Waals surface area contributed by atoms with Crippen molar-refractivity contribution in [1.29, 1.82) is 0 Å². The van der Waals surface area contributed by atoms with E-state index in [-0.39, 0.29) is 12.3 Å². The molecule has 0 aliphatic rings. The molecule has 1 aromatic heterocycles. The van der Waals surface area contributed by atoms with Crippen LogP contribution in [-0.2, 0) is 4.79 Å². The number of carbonyl (C=O) groups excluding carboxylic acids is 3. The number of nitrogens with zero attached hydrogens (tertiary/aromatic N) is 1. The molecule has 1 heterocycles. The summed E-state index contributed by atoms with van der Waals surface area (Å²) in [6.45, 7) is 4.67. The number of carbonyl (C=O) groups is 3. The van der Waals surface area contributed by atoms with Crippen molar-refractivity contribution < 1.29 is 14.4 Å². The number of ketones is 1. The lowest BCUT2D eigenvalue weighted by Crippen LogP contribution is -2.35. The van der Waals surface area contributed by atoms with Crippen LogP contribution in [0.15, 0.2) is 18.2 Å². The Morgan fingerprint density at radius 2 is 1.73 bits per heavy atom. The second-order valence-electron chi connectivity index (χ2n) is 5.99. The maximum absolute atomic E-state index is 12.6. The SMILES string of the molecule is CC(=O)c1c(C)[nH]c(C(=O)N(C)CC(=O)Nc2c(Cl)cccc2Cl)c1C. The maximum Gasteiger partial charge on any atom is 0.270 e. The van der Waals surface area contributed by atoms with Crippen LogP contribution in [0, 0.1) is 13.8 Å². The van der Waals surface area contributed by atoms with Gasteiger partial charge in [0.05, 0.1) is 22.3 Å². The number of H-pyrrole nitrogens is 1. The standard InChI is InChI=1S/C18H19Cl2N3O3/c1-9-15(11(3)24)10(2)21-16(9)18(26)23(4)8-14(25)22-17-12(19)6-5-7-13(17)20/h5-7,21H,8H2,1-4H3,(H,22,25). The number of aromatic amines is 1. The van der Waals surface area contributed by atoms with Crippen LogP contribution >= 0.6 is 23.2 Å². The van der Waals surface area contributed by atoms with E-state index in [0.717, 1.165) is 0 Å². The molecule has 0 saturated carbocycles. The molecule has 2 amide bonds. The quantitative estimate of drug-likeness (QED) is 0.754. The van der Waals surface area contributed by atoms with Crippen LogP contribution in [-0.4, -0.2) is 41.1 Å². The molecule has 1 aromatic carbocycles. The second kappa shape index (κ2) is 7.93. The Bertz CT molecular complexity index is 870. The number of aromatic nitrogens is 1. The van der Waals surface area contributed by atoms with Gasteiger partial charge in [0, 0.05) is 18.3 Å². The molecule has 0 aliphatic carbocycles. The fourth-order valence-corrected chi connectivity index (χ4v) is 3.26. The van der Waals surface area contributed by atoms with Crippen molar-refractivity contribution >= 4 is 46.5 Å². The second-order valence-corrected chi connectivity index (χ2v) is 6.80. The average Bonchev–Trinajstić information content (AvgIpc) is 2.85. The normalized spacial score (nSPS) is 10.5. The number of hydrogen-bond acceptors (Lipinski definition) is 3. The summed E-state index contributed by atoms with van der Waals surface area (Å²) in [6, 6.07) is 4.87. The molecule has 0 bridgehead atoms. The highest BCUT2D eigenvalue weighted by Crippen LogP contribution is 2.29. The number of hydrogen-bond donors (Lipinski definition) is 2. The van der Waals surface area contributed by atoms with Gasteiger partial charge in [0.2, 0.25) is 5.91 Å². The zero-order valence-corrected chi connectivity index (χ0v) is 16.4. The molecule has 2 rings (SSSR count). The largest absolute Gasteiger partial charge is 0.354 e. The van der Waals surface area contributed by atoms with E-state index < -0.39 is 11.8 Å². The Kier molecular flexibility index (Phi) is 6.10. The van der Waals surface area contributed by atoms with Crippen molar-refractivity contribution in [2.24, 2.45) is 0 Å². The molecule has 0 aliphatic heterocycles. The van der Waals surface area contributed by atoms with Gasteiger partial charge in [-0.15, -0.1) is 0 Å². The van der Waals surface area contributed by atoms with E-state index in [4.69, 9.17) is 23.2 Å². The van der Waals surface area contributed by atoms with Gasteiger partial charge in [-0.25, -0.2) is 0 Å². The number of likely N-dealkylation sites (N-methyl/N-ethyl adjacent to an activating group) is 1. The number of nitrogens with one attached hydrogen (secondary N) is 2. The molecule has 0 fully saturated rings. The Balaban J connectivity index is 2.13. The van der Waals surface area contributed by atoms with E-state index in [2.05, 4.69) is 10.3 Å². The molecule has 2 aromatic rings. The molecule has 0 atom stereocenters. The molecule has 0 spiro atoms. The molecule has 8 heteroatoms. The van der Waals surface area contributed by atoms with E-state index in [1.54, 1.807) is 32.0 Å². The summed E-state index contributed by atoms with van der Waals surface area (Å²) in [4.78, 5) is 40.8. The highest BCUT2D eigenvalue weighted by Gasteiger charge is 2.23. The minimum absolute atomic E-state index is 0.121. The first-order valence-corrected chi connectivity index (χ1v) is 8.58. The first kappa shape index (κ1) is 20.0. The monoisotopic (exact) mass is 395 g/mol. The molecule has 0 radical (unpaired) electrons. The zero-order valence-electron chi connectivity index (χ0n) is 14.9. The lowest BCUT2D eigenvalue weighted by atomic mass is 10.1. The molecule has 0 unspecified atom stereocenters. The van der Waals surface area contributed by atoms with Gasteiger partial charge < -0.3 is 15.2 Å².